The highest BCUT2D eigenvalue weighted by atomic mass is 32.2. The molecule has 14 aliphatic carbocycles. The SMILES string of the molecule is CC(C)(C)[C@H]1C[C@@H]2C3B(C4CCCC[C@H]4N(C4CCCCC4)[C@H]3C1)[C@@H]1C[C@@H]3B4[C@H]5C(CC(N(C6CCCCC6)C6CCCCC6)CC5N(C5CCCCC5)C5CCC([C@@H]6CCC7CC[C@@H]8CCCC9CCC6[C@H]7C98)C[C@@H]45)SC3CC1N2C1CCCCC1. The Labute approximate surface area is 540 Å². The van der Waals surface area contributed by atoms with Gasteiger partial charge in [0.1, 0.15) is 0 Å². The van der Waals surface area contributed by atoms with E-state index in [0.29, 0.717) is 5.41 Å². The van der Waals surface area contributed by atoms with Gasteiger partial charge >= 0.3 is 0 Å². The zero-order valence-corrected chi connectivity index (χ0v) is 57.6. The fourth-order valence-corrected chi connectivity index (χ4v) is 33.6. The molecule has 18 aliphatic rings. The summed E-state index contributed by atoms with van der Waals surface area (Å²) in [5.74, 6) is 15.5. The van der Waals surface area contributed by atoms with Gasteiger partial charge in [-0.2, -0.15) is 11.8 Å². The van der Waals surface area contributed by atoms with Crippen LogP contribution in [0.2, 0.25) is 34.9 Å². The number of thioether (sulfide) groups is 1. The first-order chi connectivity index (χ1) is 42.8. The van der Waals surface area contributed by atoms with E-state index >= 15 is 0 Å². The molecule has 0 radical (unpaired) electrons. The van der Waals surface area contributed by atoms with Crippen LogP contribution < -0.4 is 0 Å². The highest BCUT2D eigenvalue weighted by Gasteiger charge is 2.71. The Morgan fingerprint density at radius 2 is 0.793 bits per heavy atom. The maximum atomic E-state index is 3.66. The summed E-state index contributed by atoms with van der Waals surface area (Å²) in [7, 11) is 0. The maximum absolute atomic E-state index is 3.66. The van der Waals surface area contributed by atoms with Crippen molar-refractivity contribution >= 4 is 25.2 Å². The lowest BCUT2D eigenvalue weighted by molar-refractivity contribution is -0.112. The Balaban J connectivity index is 0.755. The smallest absolute Gasteiger partial charge is 0.156 e. The molecular weight excluding hydrogens is 1070 g/mol. The molecule has 0 spiro atoms. The average molecular weight is 1200 g/mol. The molecule has 0 bridgehead atoms. The third kappa shape index (κ3) is 10.4. The van der Waals surface area contributed by atoms with Gasteiger partial charge in [0, 0.05) is 83.0 Å². The van der Waals surface area contributed by atoms with Gasteiger partial charge in [-0.15, -0.1) is 0 Å². The molecule has 7 heteroatoms. The minimum atomic E-state index is 0.397. The summed E-state index contributed by atoms with van der Waals surface area (Å²) in [6.07, 6.45) is 73.4. The van der Waals surface area contributed by atoms with Gasteiger partial charge in [0.25, 0.3) is 0 Å². The van der Waals surface area contributed by atoms with Gasteiger partial charge < -0.3 is 0 Å². The second-order valence-corrected chi connectivity index (χ2v) is 39.7. The van der Waals surface area contributed by atoms with Crippen LogP contribution in [-0.2, 0) is 0 Å². The van der Waals surface area contributed by atoms with Gasteiger partial charge in [-0.1, -0.05) is 168 Å². The highest BCUT2D eigenvalue weighted by Crippen LogP contribution is 2.72. The molecule has 0 amide bonds. The van der Waals surface area contributed by atoms with E-state index in [2.05, 4.69) is 52.1 Å². The molecule has 18 fully saturated rings. The normalized spacial score (nSPS) is 49.8. The van der Waals surface area contributed by atoms with E-state index in [1.54, 1.807) is 148 Å². The second kappa shape index (κ2) is 24.8. The van der Waals surface area contributed by atoms with Crippen LogP contribution in [-0.4, -0.2) is 116 Å². The van der Waals surface area contributed by atoms with Crippen LogP contribution in [0.4, 0.5) is 0 Å². The minimum absolute atomic E-state index is 0.397. The molecule has 4 heterocycles. The molecule has 24 atom stereocenters. The van der Waals surface area contributed by atoms with Gasteiger partial charge in [-0.25, -0.2) is 0 Å². The largest absolute Gasteiger partial charge is 0.295 e. The predicted molar refractivity (Wildman–Crippen MR) is 370 cm³/mol. The summed E-state index contributed by atoms with van der Waals surface area (Å²) in [6, 6.07) is 10.5. The molecule has 18 rings (SSSR count). The number of hydrogen-bond donors (Lipinski definition) is 0. The highest BCUT2D eigenvalue weighted by molar-refractivity contribution is 8.00. The van der Waals surface area contributed by atoms with Crippen LogP contribution in [0.1, 0.15) is 323 Å². The lowest BCUT2D eigenvalue weighted by Gasteiger charge is -2.72. The summed E-state index contributed by atoms with van der Waals surface area (Å²) in [4.78, 5) is 14.3. The van der Waals surface area contributed by atoms with Gasteiger partial charge in [-0.05, 0) is 248 Å². The molecular formula is C80H132B2N4S. The number of hydrogen-bond acceptors (Lipinski definition) is 5. The van der Waals surface area contributed by atoms with E-state index in [1.165, 1.54) is 154 Å². The van der Waals surface area contributed by atoms with E-state index in [4.69, 9.17) is 0 Å². The molecule has 13 unspecified atom stereocenters. The van der Waals surface area contributed by atoms with Crippen molar-refractivity contribution in [3.63, 3.8) is 0 Å². The van der Waals surface area contributed by atoms with Crippen molar-refractivity contribution in [2.24, 2.45) is 58.7 Å². The second-order valence-electron chi connectivity index (χ2n) is 38.2. The molecule has 4 aliphatic heterocycles. The van der Waals surface area contributed by atoms with Gasteiger partial charge in [-0.3, -0.25) is 19.6 Å². The van der Waals surface area contributed by atoms with Gasteiger partial charge in [0.05, 0.1) is 0 Å². The van der Waals surface area contributed by atoms with Crippen molar-refractivity contribution in [3.8, 4) is 0 Å². The number of rotatable bonds is 7. The zero-order valence-electron chi connectivity index (χ0n) is 56.8. The van der Waals surface area contributed by atoms with Crippen LogP contribution in [0.25, 0.3) is 0 Å². The fraction of sp³-hybridized carbons (Fsp3) is 1.00. The van der Waals surface area contributed by atoms with Crippen LogP contribution in [0.3, 0.4) is 0 Å². The van der Waals surface area contributed by atoms with Crippen molar-refractivity contribution in [3.05, 3.63) is 0 Å². The van der Waals surface area contributed by atoms with Crippen molar-refractivity contribution in [1.29, 1.82) is 0 Å². The summed E-state index contributed by atoms with van der Waals surface area (Å²) < 4.78 is 0. The predicted octanol–water partition coefficient (Wildman–Crippen LogP) is 20.5. The van der Waals surface area contributed by atoms with E-state index in [9.17, 15) is 0 Å². The fourth-order valence-electron chi connectivity index (χ4n) is 31.5. The molecule has 87 heavy (non-hydrogen) atoms. The number of fused-ring (bicyclic) bond motifs is 8. The molecule has 4 nitrogen and oxygen atoms in total. The molecule has 484 valence electrons. The Hall–Kier alpha value is 0.320. The van der Waals surface area contributed by atoms with Crippen LogP contribution >= 0.6 is 11.8 Å². The first-order valence-electron chi connectivity index (χ1n) is 41.6. The monoisotopic (exact) mass is 1200 g/mol. The van der Waals surface area contributed by atoms with Gasteiger partial charge in [0.15, 0.2) is 13.4 Å². The summed E-state index contributed by atoms with van der Waals surface area (Å²) in [6.45, 7) is 10.2. The quantitative estimate of drug-likeness (QED) is 0.235. The van der Waals surface area contributed by atoms with Gasteiger partial charge in [0.2, 0.25) is 0 Å². The topological polar surface area (TPSA) is 13.0 Å². The lowest BCUT2D eigenvalue weighted by Crippen LogP contribution is -2.76. The van der Waals surface area contributed by atoms with Crippen molar-refractivity contribution in [2.45, 2.75) is 440 Å². The Morgan fingerprint density at radius 3 is 1.40 bits per heavy atom. The van der Waals surface area contributed by atoms with E-state index in [-0.39, 0.29) is 0 Å². The van der Waals surface area contributed by atoms with Crippen molar-refractivity contribution in [2.75, 3.05) is 0 Å². The standard InChI is InChI=1S/C80H132B2N4S/c1-80(2,3)55-45-71-78-72(46-55)86(60-32-17-8-18-33-60)70-50-74-67(49-66(70)81(78)64-34-19-20-35-68(64)84(71)58-28-13-6-14-29-58)82-65-44-54(62-41-38-53-37-36-51-22-21-23-52-39-42-63(62)77(53)76(51)52)40-43-69(65)85(59-30-15-7-16-31-59)73-47-61(48-75(87-74)79(73)82)83(56-24-9-4-10-25-56)57-26-11-5-12-27-57/h51-79H,4-50H2,1-3H3/t51-,52?,53?,54?,55+,61?,62-,63?,64?,65+,66+,67-,68+,69?,70?,71-,72+,73?,74?,75?,76?,77-,78?,79+/m0/s1. The first kappa shape index (κ1) is 59.8. The molecule has 0 aromatic carbocycles. The third-order valence-corrected chi connectivity index (χ3v) is 35.9. The van der Waals surface area contributed by atoms with Crippen molar-refractivity contribution < 1.29 is 0 Å². The molecule has 0 N–H and O–H groups in total. The van der Waals surface area contributed by atoms with E-state index < -0.39 is 0 Å². The molecule has 14 saturated carbocycles. The first-order valence-corrected chi connectivity index (χ1v) is 42.5. The Morgan fingerprint density at radius 1 is 0.310 bits per heavy atom. The van der Waals surface area contributed by atoms with Crippen LogP contribution in [0.5, 0.6) is 0 Å². The van der Waals surface area contributed by atoms with Crippen LogP contribution in [0, 0.1) is 58.7 Å². The maximum Gasteiger partial charge on any atom is 0.156 e. The van der Waals surface area contributed by atoms with E-state index in [0.717, 1.165) is 185 Å². The summed E-state index contributed by atoms with van der Waals surface area (Å²) in [5.41, 5.74) is 0.397. The third-order valence-electron chi connectivity index (χ3n) is 34.2. The Bertz CT molecular complexity index is 2310. The molecule has 0 aromatic heterocycles. The zero-order chi connectivity index (χ0) is 57.6. The summed E-state index contributed by atoms with van der Waals surface area (Å²) >= 11 is 2.84. The summed E-state index contributed by atoms with van der Waals surface area (Å²) in [5, 5.41) is 1.82. The van der Waals surface area contributed by atoms with Crippen molar-refractivity contribution in [1.82, 2.24) is 19.6 Å². The number of nitrogens with zero attached hydrogens (tertiary/aromatic N) is 4. The molecule has 4 saturated heterocycles. The van der Waals surface area contributed by atoms with Crippen LogP contribution in [0.15, 0.2) is 0 Å². The minimum Gasteiger partial charge on any atom is -0.295 e. The average Bonchev–Trinajstić information content (AvgIpc) is 0.906. The Kier molecular flexibility index (Phi) is 17.0. The lowest BCUT2D eigenvalue weighted by atomic mass is 9.15. The molecule has 0 aromatic rings. The van der Waals surface area contributed by atoms with E-state index in [1.807, 2.05) is 0 Å².